The van der Waals surface area contributed by atoms with Crippen LogP contribution in [0.2, 0.25) is 0 Å². The lowest BCUT2D eigenvalue weighted by Crippen LogP contribution is -3.12. The number of nitrogens with zero attached hydrogens (tertiary/aromatic N) is 3. The van der Waals surface area contributed by atoms with Gasteiger partial charge < -0.3 is 20.7 Å². The van der Waals surface area contributed by atoms with E-state index in [0.717, 1.165) is 13.1 Å². The quantitative estimate of drug-likeness (QED) is 0.441. The Balaban J connectivity index is 1.75. The van der Waals surface area contributed by atoms with Crippen LogP contribution < -0.4 is 16.0 Å². The molecule has 31 heavy (non-hydrogen) atoms. The molecular weight excluding hydrogens is 420 g/mol. The highest BCUT2D eigenvalue weighted by Gasteiger charge is 2.29. The monoisotopic (exact) mass is 449 g/mol. The van der Waals surface area contributed by atoms with Crippen LogP contribution in [-0.4, -0.2) is 82.1 Å². The normalized spacial score (nSPS) is 15.7. The molecule has 1 aliphatic heterocycles. The summed E-state index contributed by atoms with van der Waals surface area (Å²) in [6.45, 7) is 3.54. The Kier molecular flexibility index (Phi) is 7.55. The van der Waals surface area contributed by atoms with Gasteiger partial charge in [0.2, 0.25) is 10.0 Å². The van der Waals surface area contributed by atoms with Crippen LogP contribution in [0.5, 0.6) is 0 Å². The molecule has 4 N–H and O–H groups in total. The van der Waals surface area contributed by atoms with Crippen LogP contribution in [-0.2, 0) is 14.8 Å². The van der Waals surface area contributed by atoms with Gasteiger partial charge in [0.1, 0.15) is 0 Å². The number of nitrogens with one attached hydrogen (secondary N) is 2. The fourth-order valence-electron chi connectivity index (χ4n) is 3.26. The summed E-state index contributed by atoms with van der Waals surface area (Å²) < 4.78 is 32.2. The minimum Gasteiger partial charge on any atom is -0.385 e. The largest absolute Gasteiger partial charge is 0.385 e. The van der Waals surface area contributed by atoms with Crippen molar-refractivity contribution in [2.24, 2.45) is 0 Å². The molecule has 1 fully saturated rings. The summed E-state index contributed by atoms with van der Waals surface area (Å²) in [6.07, 6.45) is 2.13. The number of carbonyl (C=O) groups excluding carboxylic acids is 1. The number of nitrogens with two attached hydrogens (primary N) is 1. The van der Waals surface area contributed by atoms with Crippen molar-refractivity contribution in [2.45, 2.75) is 11.3 Å². The zero-order valence-electron chi connectivity index (χ0n) is 17.8. The number of carbonyl (C=O) groups is 1. The highest BCUT2D eigenvalue weighted by atomic mass is 32.2. The topological polar surface area (TPSA) is 132 Å². The summed E-state index contributed by atoms with van der Waals surface area (Å²) in [6, 6.07) is 6.43. The van der Waals surface area contributed by atoms with Crippen molar-refractivity contribution in [3.05, 3.63) is 36.2 Å². The highest BCUT2D eigenvalue weighted by Crippen LogP contribution is 2.22. The third-order valence-electron chi connectivity index (χ3n) is 5.19. The zero-order valence-corrected chi connectivity index (χ0v) is 18.6. The predicted molar refractivity (Wildman–Crippen MR) is 116 cm³/mol. The van der Waals surface area contributed by atoms with Crippen LogP contribution in [0.25, 0.3) is 11.3 Å². The molecule has 0 aliphatic carbocycles. The van der Waals surface area contributed by atoms with Crippen LogP contribution in [0.4, 0.5) is 5.82 Å². The number of anilines is 1. The summed E-state index contributed by atoms with van der Waals surface area (Å²) in [5.74, 6) is -0.385. The molecule has 168 valence electrons. The van der Waals surface area contributed by atoms with Gasteiger partial charge in [0, 0.05) is 25.8 Å². The number of aromatic nitrogens is 2. The van der Waals surface area contributed by atoms with Gasteiger partial charge in [-0.15, -0.1) is 0 Å². The Labute approximate surface area is 182 Å². The second kappa shape index (κ2) is 10.1. The first kappa shape index (κ1) is 23.1. The average molecular weight is 450 g/mol. The summed E-state index contributed by atoms with van der Waals surface area (Å²) in [7, 11) is 0.112. The lowest BCUT2D eigenvalue weighted by atomic mass is 10.1. The van der Waals surface area contributed by atoms with Gasteiger partial charge in [-0.2, -0.15) is 4.31 Å². The van der Waals surface area contributed by atoms with Gasteiger partial charge in [-0.25, -0.2) is 18.4 Å². The molecule has 2 aromatic rings. The van der Waals surface area contributed by atoms with Crippen LogP contribution in [0.3, 0.4) is 0 Å². The fraction of sp³-hybridized carbons (Fsp3) is 0.450. The number of likely N-dealkylation sites (N-methyl/N-ethyl adjacent to an activating group) is 1. The lowest BCUT2D eigenvalue weighted by molar-refractivity contribution is -0.883. The number of sulfonamides is 1. The molecule has 0 radical (unpaired) electrons. The number of hydrogen-bond acceptors (Lipinski definition) is 7. The van der Waals surface area contributed by atoms with E-state index < -0.39 is 15.9 Å². The maximum atomic E-state index is 12.9. The first-order valence-electron chi connectivity index (χ1n) is 10.1. The van der Waals surface area contributed by atoms with E-state index in [1.165, 1.54) is 15.4 Å². The third kappa shape index (κ3) is 5.56. The van der Waals surface area contributed by atoms with Gasteiger partial charge in [-0.3, -0.25) is 4.79 Å². The van der Waals surface area contributed by atoms with Crippen LogP contribution in [0, 0.1) is 0 Å². The Morgan fingerprint density at radius 3 is 2.58 bits per heavy atom. The second-order valence-corrected chi connectivity index (χ2v) is 9.41. The molecular formula is C20H29N6O4S+. The average Bonchev–Trinajstić information content (AvgIpc) is 2.77. The molecule has 0 atom stereocenters. The van der Waals surface area contributed by atoms with Crippen molar-refractivity contribution >= 4 is 21.7 Å². The Morgan fingerprint density at radius 2 is 1.94 bits per heavy atom. The SMILES string of the molecule is COCCCNC(=O)c1nc(-c2ccc(S(=O)(=O)N3CC[NH+](C)CC3)cc2)cnc1N. The van der Waals surface area contributed by atoms with Crippen molar-refractivity contribution in [3.8, 4) is 11.3 Å². The molecule has 0 unspecified atom stereocenters. The summed E-state index contributed by atoms with van der Waals surface area (Å²) >= 11 is 0. The number of ether oxygens (including phenoxy) is 1. The van der Waals surface area contributed by atoms with Gasteiger partial charge in [0.25, 0.3) is 5.91 Å². The standard InChI is InChI=1S/C20H28N6O4S/c1-25-9-11-26(12-10-25)31(28,29)16-6-4-15(5-7-16)17-14-23-19(21)18(24-17)20(27)22-8-3-13-30-2/h4-7,14H,3,8-13H2,1-2H3,(H2,21,23)(H,22,27)/p+1. The number of methoxy groups -OCH3 is 1. The van der Waals surface area contributed by atoms with Crippen LogP contribution >= 0.6 is 0 Å². The molecule has 1 saturated heterocycles. The van der Waals surface area contributed by atoms with Gasteiger partial charge in [-0.05, 0) is 18.6 Å². The molecule has 11 heteroatoms. The number of nitrogen functional groups attached to an aromatic ring is 1. The molecule has 1 aromatic carbocycles. The molecule has 1 aromatic heterocycles. The van der Waals surface area contributed by atoms with Gasteiger partial charge in [0.05, 0.1) is 50.0 Å². The van der Waals surface area contributed by atoms with Gasteiger partial charge in [-0.1, -0.05) is 12.1 Å². The van der Waals surface area contributed by atoms with E-state index >= 15 is 0 Å². The summed E-state index contributed by atoms with van der Waals surface area (Å²) in [4.78, 5) is 22.3. The first-order valence-corrected chi connectivity index (χ1v) is 11.6. The van der Waals surface area contributed by atoms with Crippen LogP contribution in [0.1, 0.15) is 16.9 Å². The van der Waals surface area contributed by atoms with E-state index in [2.05, 4.69) is 22.3 Å². The predicted octanol–water partition coefficient (Wildman–Crippen LogP) is -0.989. The summed E-state index contributed by atoms with van der Waals surface area (Å²) in [5, 5.41) is 2.73. The smallest absolute Gasteiger partial charge is 0.273 e. The van der Waals surface area contributed by atoms with E-state index in [0.29, 0.717) is 43.9 Å². The number of hydrogen-bond donors (Lipinski definition) is 3. The maximum absolute atomic E-state index is 12.9. The molecule has 0 bridgehead atoms. The number of rotatable bonds is 8. The minimum absolute atomic E-state index is 0.0318. The van der Waals surface area contributed by atoms with Crippen molar-refractivity contribution in [2.75, 3.05) is 59.2 Å². The first-order chi connectivity index (χ1) is 14.8. The zero-order chi connectivity index (χ0) is 22.4. The van der Waals surface area contributed by atoms with Crippen molar-refractivity contribution < 1.29 is 22.8 Å². The third-order valence-corrected chi connectivity index (χ3v) is 7.10. The number of amides is 1. The van der Waals surface area contributed by atoms with Crippen LogP contribution in [0.15, 0.2) is 35.4 Å². The molecule has 2 heterocycles. The molecule has 1 aliphatic rings. The van der Waals surface area contributed by atoms with E-state index in [4.69, 9.17) is 10.5 Å². The van der Waals surface area contributed by atoms with Crippen molar-refractivity contribution in [1.29, 1.82) is 0 Å². The van der Waals surface area contributed by atoms with E-state index in [1.54, 1.807) is 31.4 Å². The number of quaternary nitrogens is 1. The number of piperazine rings is 1. The van der Waals surface area contributed by atoms with E-state index in [9.17, 15) is 13.2 Å². The Bertz CT molecular complexity index is 1000. The number of benzene rings is 1. The Hall–Kier alpha value is -2.60. The molecule has 1 amide bonds. The highest BCUT2D eigenvalue weighted by molar-refractivity contribution is 7.89. The van der Waals surface area contributed by atoms with E-state index in [-0.39, 0.29) is 16.4 Å². The molecule has 0 saturated carbocycles. The Morgan fingerprint density at radius 1 is 1.26 bits per heavy atom. The summed E-state index contributed by atoms with van der Waals surface area (Å²) in [5.41, 5.74) is 6.94. The second-order valence-electron chi connectivity index (χ2n) is 7.48. The minimum atomic E-state index is -3.54. The maximum Gasteiger partial charge on any atom is 0.273 e. The lowest BCUT2D eigenvalue weighted by Gasteiger charge is -2.29. The van der Waals surface area contributed by atoms with Gasteiger partial charge in [0.15, 0.2) is 11.5 Å². The fourth-order valence-corrected chi connectivity index (χ4v) is 4.70. The van der Waals surface area contributed by atoms with Crippen molar-refractivity contribution in [3.63, 3.8) is 0 Å². The molecule has 3 rings (SSSR count). The molecule has 0 spiro atoms. The molecule has 10 nitrogen and oxygen atoms in total. The van der Waals surface area contributed by atoms with E-state index in [1.807, 2.05) is 0 Å². The van der Waals surface area contributed by atoms with Gasteiger partial charge >= 0.3 is 0 Å². The van der Waals surface area contributed by atoms with Crippen molar-refractivity contribution in [1.82, 2.24) is 19.6 Å².